The summed E-state index contributed by atoms with van der Waals surface area (Å²) in [6.07, 6.45) is 79.1. The highest BCUT2D eigenvalue weighted by molar-refractivity contribution is 5.76. The second kappa shape index (κ2) is 63.9. The number of amides is 1. The first kappa shape index (κ1) is 72.3. The van der Waals surface area contributed by atoms with Gasteiger partial charge >= 0.3 is 5.97 Å². The molecule has 0 aromatic heterocycles. The van der Waals surface area contributed by atoms with E-state index in [1.807, 2.05) is 0 Å². The highest BCUT2D eigenvalue weighted by Crippen LogP contribution is 2.18. The van der Waals surface area contributed by atoms with Crippen LogP contribution in [0.1, 0.15) is 373 Å². The quantitative estimate of drug-likeness (QED) is 0.0320. The van der Waals surface area contributed by atoms with Crippen LogP contribution in [0.4, 0.5) is 0 Å². The maximum Gasteiger partial charge on any atom is 0.305 e. The Labute approximate surface area is 462 Å². The second-order valence-electron chi connectivity index (χ2n) is 23.1. The van der Waals surface area contributed by atoms with Crippen LogP contribution in [-0.2, 0) is 14.3 Å². The Morgan fingerprint density at radius 2 is 0.635 bits per heavy atom. The average molecular weight is 1040 g/mol. The van der Waals surface area contributed by atoms with Gasteiger partial charge in [0.2, 0.25) is 5.91 Å². The summed E-state index contributed by atoms with van der Waals surface area (Å²) in [4.78, 5) is 24.6. The van der Waals surface area contributed by atoms with Crippen LogP contribution in [0.2, 0.25) is 0 Å². The Morgan fingerprint density at radius 1 is 0.365 bits per heavy atom. The Hall–Kier alpha value is -1.66. The van der Waals surface area contributed by atoms with E-state index in [0.717, 1.165) is 44.9 Å². The van der Waals surface area contributed by atoms with Gasteiger partial charge in [0.25, 0.3) is 0 Å². The molecule has 0 aromatic rings. The van der Waals surface area contributed by atoms with Crippen LogP contribution < -0.4 is 5.32 Å². The zero-order valence-electron chi connectivity index (χ0n) is 50.1. The number of hydrogen-bond donors (Lipinski definition) is 3. The largest absolute Gasteiger partial charge is 0.466 e. The van der Waals surface area contributed by atoms with Crippen molar-refractivity contribution < 1.29 is 24.5 Å². The average Bonchev–Trinajstić information content (AvgIpc) is 3.40. The SMILES string of the molecule is CCCCCCCC/C=C\CCCCCCCCCCCC(=O)OCCCCCCCCCCCC/C=C\CCCCCCCCCC(=O)NC(CO)C(O)CCCCCCCCCCCCCCCCCCC. The Kier molecular flexibility index (Phi) is 62.4. The number of rotatable bonds is 63. The van der Waals surface area contributed by atoms with Crippen LogP contribution >= 0.6 is 0 Å². The molecule has 0 aliphatic heterocycles. The highest BCUT2D eigenvalue weighted by atomic mass is 16.5. The van der Waals surface area contributed by atoms with Crippen molar-refractivity contribution in [1.29, 1.82) is 0 Å². The fourth-order valence-electron chi connectivity index (χ4n) is 10.6. The predicted octanol–water partition coefficient (Wildman–Crippen LogP) is 21.4. The minimum Gasteiger partial charge on any atom is -0.466 e. The molecular weight excluding hydrogens is 911 g/mol. The molecule has 0 radical (unpaired) electrons. The second-order valence-corrected chi connectivity index (χ2v) is 23.1. The summed E-state index contributed by atoms with van der Waals surface area (Å²) in [5.74, 6) is -0.0312. The molecule has 2 unspecified atom stereocenters. The van der Waals surface area contributed by atoms with Crippen molar-refractivity contribution in [3.05, 3.63) is 24.3 Å². The standard InChI is InChI=1S/C68H131NO5/c1-3-5-7-9-11-13-15-17-19-21-25-30-34-38-42-46-50-54-58-62-68(73)74-63-59-55-51-47-43-39-35-31-27-24-22-23-26-29-33-37-41-45-49-53-57-61-67(72)69-65(64-70)66(71)60-56-52-48-44-40-36-32-28-20-18-16-14-12-10-8-6-4-2/h17,19,23,26,65-66,70-71H,3-16,18,20-22,24-25,27-64H2,1-2H3,(H,69,72)/b19-17-,26-23-. The lowest BCUT2D eigenvalue weighted by atomic mass is 10.0. The lowest BCUT2D eigenvalue weighted by Gasteiger charge is -2.22. The lowest BCUT2D eigenvalue weighted by molar-refractivity contribution is -0.143. The van der Waals surface area contributed by atoms with Gasteiger partial charge in [-0.05, 0) is 77.0 Å². The van der Waals surface area contributed by atoms with Gasteiger partial charge in [0, 0.05) is 12.8 Å². The van der Waals surface area contributed by atoms with Crippen LogP contribution in [0.5, 0.6) is 0 Å². The third-order valence-corrected chi connectivity index (χ3v) is 15.7. The van der Waals surface area contributed by atoms with E-state index in [1.165, 1.54) is 295 Å². The Balaban J connectivity index is 3.40. The van der Waals surface area contributed by atoms with Crippen molar-refractivity contribution in [1.82, 2.24) is 5.32 Å². The van der Waals surface area contributed by atoms with E-state index in [9.17, 15) is 19.8 Å². The van der Waals surface area contributed by atoms with Crippen LogP contribution in [0.25, 0.3) is 0 Å². The number of aliphatic hydroxyl groups excluding tert-OH is 2. The summed E-state index contributed by atoms with van der Waals surface area (Å²) in [6.45, 7) is 4.97. The lowest BCUT2D eigenvalue weighted by Crippen LogP contribution is -2.45. The van der Waals surface area contributed by atoms with Crippen LogP contribution in [0.15, 0.2) is 24.3 Å². The first-order chi connectivity index (χ1) is 36.5. The molecule has 0 spiro atoms. The van der Waals surface area contributed by atoms with Gasteiger partial charge in [-0.25, -0.2) is 0 Å². The first-order valence-corrected chi connectivity index (χ1v) is 33.6. The van der Waals surface area contributed by atoms with Gasteiger partial charge in [0.1, 0.15) is 0 Å². The van der Waals surface area contributed by atoms with Crippen LogP contribution in [0, 0.1) is 0 Å². The third-order valence-electron chi connectivity index (χ3n) is 15.7. The van der Waals surface area contributed by atoms with Crippen molar-refractivity contribution in [2.75, 3.05) is 13.2 Å². The maximum absolute atomic E-state index is 12.5. The molecule has 0 rings (SSSR count). The molecule has 6 heteroatoms. The number of unbranched alkanes of at least 4 members (excludes halogenated alkanes) is 48. The summed E-state index contributed by atoms with van der Waals surface area (Å²) in [5.41, 5.74) is 0. The van der Waals surface area contributed by atoms with Crippen molar-refractivity contribution in [2.45, 2.75) is 386 Å². The van der Waals surface area contributed by atoms with E-state index in [0.29, 0.717) is 25.9 Å². The number of aliphatic hydroxyl groups is 2. The number of esters is 1. The van der Waals surface area contributed by atoms with Gasteiger partial charge in [-0.1, -0.05) is 308 Å². The van der Waals surface area contributed by atoms with E-state index >= 15 is 0 Å². The molecule has 0 aliphatic rings. The smallest absolute Gasteiger partial charge is 0.305 e. The van der Waals surface area contributed by atoms with Gasteiger partial charge in [-0.3, -0.25) is 9.59 Å². The molecule has 0 bridgehead atoms. The molecule has 2 atom stereocenters. The fraction of sp³-hybridized carbons (Fsp3) is 0.912. The fourth-order valence-corrected chi connectivity index (χ4v) is 10.6. The molecule has 0 heterocycles. The number of hydrogen-bond acceptors (Lipinski definition) is 5. The molecule has 74 heavy (non-hydrogen) atoms. The molecular formula is C68H131NO5. The van der Waals surface area contributed by atoms with Gasteiger partial charge in [-0.2, -0.15) is 0 Å². The topological polar surface area (TPSA) is 95.9 Å². The Bertz CT molecular complexity index is 1150. The number of nitrogens with one attached hydrogen (secondary N) is 1. The van der Waals surface area contributed by atoms with Gasteiger partial charge in [0.15, 0.2) is 0 Å². The first-order valence-electron chi connectivity index (χ1n) is 33.6. The number of carbonyl (C=O) groups is 2. The van der Waals surface area contributed by atoms with Crippen molar-refractivity contribution in [2.24, 2.45) is 0 Å². The van der Waals surface area contributed by atoms with Gasteiger partial charge in [0.05, 0.1) is 25.4 Å². The van der Waals surface area contributed by atoms with Crippen molar-refractivity contribution >= 4 is 11.9 Å². The van der Waals surface area contributed by atoms with Crippen LogP contribution in [0.3, 0.4) is 0 Å². The number of allylic oxidation sites excluding steroid dienone is 4. The third kappa shape index (κ3) is 59.6. The van der Waals surface area contributed by atoms with Crippen molar-refractivity contribution in [3.63, 3.8) is 0 Å². The summed E-state index contributed by atoms with van der Waals surface area (Å²) >= 11 is 0. The molecule has 0 saturated carbocycles. The predicted molar refractivity (Wildman–Crippen MR) is 324 cm³/mol. The van der Waals surface area contributed by atoms with Crippen LogP contribution in [-0.4, -0.2) is 47.4 Å². The molecule has 0 aliphatic carbocycles. The summed E-state index contributed by atoms with van der Waals surface area (Å²) in [5, 5.41) is 23.3. The highest BCUT2D eigenvalue weighted by Gasteiger charge is 2.20. The number of ether oxygens (including phenoxy) is 1. The molecule has 0 fully saturated rings. The number of carbonyl (C=O) groups excluding carboxylic acids is 2. The summed E-state index contributed by atoms with van der Waals surface area (Å²) < 4.78 is 5.50. The van der Waals surface area contributed by atoms with Crippen molar-refractivity contribution in [3.8, 4) is 0 Å². The molecule has 438 valence electrons. The molecule has 1 amide bonds. The molecule has 0 saturated heterocycles. The summed E-state index contributed by atoms with van der Waals surface area (Å²) in [7, 11) is 0. The minimum atomic E-state index is -0.669. The molecule has 3 N–H and O–H groups in total. The van der Waals surface area contributed by atoms with E-state index in [4.69, 9.17) is 4.74 Å². The van der Waals surface area contributed by atoms with E-state index in [2.05, 4.69) is 43.5 Å². The van der Waals surface area contributed by atoms with Gasteiger partial charge < -0.3 is 20.3 Å². The summed E-state index contributed by atoms with van der Waals surface area (Å²) in [6, 6.07) is -0.547. The van der Waals surface area contributed by atoms with E-state index in [-0.39, 0.29) is 18.5 Å². The monoisotopic (exact) mass is 1040 g/mol. The zero-order chi connectivity index (χ0) is 53.6. The van der Waals surface area contributed by atoms with E-state index < -0.39 is 12.1 Å². The van der Waals surface area contributed by atoms with E-state index in [1.54, 1.807) is 0 Å². The minimum absolute atomic E-state index is 0.00858. The maximum atomic E-state index is 12.5. The van der Waals surface area contributed by atoms with Gasteiger partial charge in [-0.15, -0.1) is 0 Å². The molecule has 0 aromatic carbocycles. The Morgan fingerprint density at radius 3 is 0.959 bits per heavy atom. The molecule has 6 nitrogen and oxygen atoms in total. The normalized spacial score (nSPS) is 12.6. The zero-order valence-corrected chi connectivity index (χ0v) is 50.1.